The molecule has 0 aliphatic carbocycles. The van der Waals surface area contributed by atoms with E-state index in [4.69, 9.17) is 4.74 Å². The summed E-state index contributed by atoms with van der Waals surface area (Å²) in [6.45, 7) is 8.40. The van der Waals surface area contributed by atoms with Gasteiger partial charge in [0, 0.05) is 43.1 Å². The van der Waals surface area contributed by atoms with Crippen molar-refractivity contribution in [2.24, 2.45) is 5.92 Å². The van der Waals surface area contributed by atoms with Gasteiger partial charge in [0.15, 0.2) is 5.03 Å². The average Bonchev–Trinajstić information content (AvgIpc) is 3.06. The van der Waals surface area contributed by atoms with E-state index in [9.17, 15) is 13.2 Å². The highest BCUT2D eigenvalue weighted by atomic mass is 32.2. The van der Waals surface area contributed by atoms with Crippen molar-refractivity contribution in [3.05, 3.63) is 47.8 Å². The van der Waals surface area contributed by atoms with Gasteiger partial charge in [-0.2, -0.15) is 8.42 Å². The number of amides is 1. The number of sulfonamides is 1. The lowest BCUT2D eigenvalue weighted by atomic mass is 9.96. The van der Waals surface area contributed by atoms with Gasteiger partial charge in [0.1, 0.15) is 5.82 Å². The second-order valence-corrected chi connectivity index (χ2v) is 11.0. The van der Waals surface area contributed by atoms with Crippen molar-refractivity contribution in [3.8, 4) is 0 Å². The lowest BCUT2D eigenvalue weighted by Gasteiger charge is -2.33. The monoisotopic (exact) mass is 458 g/mol. The zero-order valence-electron chi connectivity index (χ0n) is 18.7. The highest BCUT2D eigenvalue weighted by molar-refractivity contribution is 7.90. The van der Waals surface area contributed by atoms with E-state index in [1.807, 2.05) is 6.07 Å². The summed E-state index contributed by atoms with van der Waals surface area (Å²) in [5.74, 6) is 0.392. The Bertz CT molecular complexity index is 1100. The van der Waals surface area contributed by atoms with E-state index in [0.29, 0.717) is 30.6 Å². The third-order valence-corrected chi connectivity index (χ3v) is 7.48. The van der Waals surface area contributed by atoms with Crippen molar-refractivity contribution >= 4 is 21.7 Å². The SMILES string of the molecule is CC1CN(c2ncccc2C(=O)NS(=O)(=O)c2cccc(C3CCOCC3)n2)C(C)(C)C1. The Morgan fingerprint density at radius 3 is 2.62 bits per heavy atom. The molecule has 1 atom stereocenters. The van der Waals surface area contributed by atoms with E-state index in [2.05, 4.69) is 40.4 Å². The number of rotatable bonds is 5. The molecule has 1 amide bonds. The maximum atomic E-state index is 13.1. The second-order valence-electron chi connectivity index (χ2n) is 9.33. The summed E-state index contributed by atoms with van der Waals surface area (Å²) in [7, 11) is -4.14. The van der Waals surface area contributed by atoms with E-state index in [1.54, 1.807) is 24.4 Å². The van der Waals surface area contributed by atoms with E-state index < -0.39 is 15.9 Å². The average molecular weight is 459 g/mol. The molecule has 0 spiro atoms. The summed E-state index contributed by atoms with van der Waals surface area (Å²) >= 11 is 0. The minimum Gasteiger partial charge on any atom is -0.381 e. The lowest BCUT2D eigenvalue weighted by molar-refractivity contribution is 0.0844. The normalized spacial score (nSPS) is 21.5. The number of nitrogens with zero attached hydrogens (tertiary/aromatic N) is 3. The molecule has 4 rings (SSSR count). The molecule has 0 aromatic carbocycles. The van der Waals surface area contributed by atoms with E-state index in [0.717, 1.165) is 25.8 Å². The zero-order valence-corrected chi connectivity index (χ0v) is 19.6. The first kappa shape index (κ1) is 22.7. The number of nitrogens with one attached hydrogen (secondary N) is 1. The summed E-state index contributed by atoms with van der Waals surface area (Å²) in [6, 6.07) is 8.15. The van der Waals surface area contributed by atoms with Crippen LogP contribution in [0.3, 0.4) is 0 Å². The van der Waals surface area contributed by atoms with Crippen LogP contribution in [0.2, 0.25) is 0 Å². The first-order valence-electron chi connectivity index (χ1n) is 11.0. The van der Waals surface area contributed by atoms with E-state index >= 15 is 0 Å². The van der Waals surface area contributed by atoms with Crippen molar-refractivity contribution < 1.29 is 17.9 Å². The Hall–Kier alpha value is -2.52. The Balaban J connectivity index is 1.58. The van der Waals surface area contributed by atoms with Crippen LogP contribution >= 0.6 is 0 Å². The van der Waals surface area contributed by atoms with Crippen LogP contribution in [0.1, 0.15) is 62.0 Å². The fourth-order valence-electron chi connectivity index (χ4n) is 4.78. The van der Waals surface area contributed by atoms with Crippen LogP contribution < -0.4 is 9.62 Å². The summed E-state index contributed by atoms with van der Waals surface area (Å²) < 4.78 is 33.6. The molecule has 2 aliphatic rings. The van der Waals surface area contributed by atoms with Gasteiger partial charge in [-0.1, -0.05) is 13.0 Å². The fourth-order valence-corrected chi connectivity index (χ4v) is 5.72. The molecule has 172 valence electrons. The van der Waals surface area contributed by atoms with Gasteiger partial charge in [0.05, 0.1) is 5.56 Å². The van der Waals surface area contributed by atoms with Crippen LogP contribution in [0, 0.1) is 5.92 Å². The summed E-state index contributed by atoms with van der Waals surface area (Å²) in [4.78, 5) is 24.0. The van der Waals surface area contributed by atoms with E-state index in [-0.39, 0.29) is 22.0 Å². The third-order valence-electron chi connectivity index (χ3n) is 6.25. The molecule has 1 N–H and O–H groups in total. The molecule has 9 heteroatoms. The predicted molar refractivity (Wildman–Crippen MR) is 121 cm³/mol. The first-order chi connectivity index (χ1) is 15.2. The van der Waals surface area contributed by atoms with Crippen LogP contribution in [0.25, 0.3) is 0 Å². The van der Waals surface area contributed by atoms with Gasteiger partial charge in [0.2, 0.25) is 0 Å². The standard InChI is InChI=1S/C23H30N4O4S/c1-16-14-23(2,3)27(15-16)21-18(6-5-11-24-21)22(28)26-32(29,30)20-8-4-7-19(25-20)17-9-12-31-13-10-17/h4-8,11,16-17H,9-10,12-15H2,1-3H3,(H,26,28). The lowest BCUT2D eigenvalue weighted by Crippen LogP contribution is -2.41. The summed E-state index contributed by atoms with van der Waals surface area (Å²) in [5, 5.41) is -0.157. The molecule has 4 heterocycles. The number of carbonyl (C=O) groups is 1. The molecule has 2 fully saturated rings. The molecule has 2 aromatic heterocycles. The minimum absolute atomic E-state index is 0.152. The van der Waals surface area contributed by atoms with Crippen LogP contribution in [0.15, 0.2) is 41.6 Å². The molecular formula is C23H30N4O4S. The molecule has 1 unspecified atom stereocenters. The second kappa shape index (κ2) is 8.78. The number of hydrogen-bond donors (Lipinski definition) is 1. The van der Waals surface area contributed by atoms with Crippen LogP contribution in [0.4, 0.5) is 5.82 Å². The van der Waals surface area contributed by atoms with Gasteiger partial charge < -0.3 is 9.64 Å². The van der Waals surface area contributed by atoms with Crippen molar-refractivity contribution in [1.82, 2.24) is 14.7 Å². The maximum Gasteiger partial charge on any atom is 0.281 e. The Kier molecular flexibility index (Phi) is 6.22. The van der Waals surface area contributed by atoms with Crippen molar-refractivity contribution in [2.45, 2.75) is 56.5 Å². The summed E-state index contributed by atoms with van der Waals surface area (Å²) in [6.07, 6.45) is 4.18. The topological polar surface area (TPSA) is 101 Å². The van der Waals surface area contributed by atoms with Crippen LogP contribution in [-0.4, -0.2) is 49.6 Å². The smallest absolute Gasteiger partial charge is 0.281 e. The van der Waals surface area contributed by atoms with Crippen LogP contribution in [-0.2, 0) is 14.8 Å². The van der Waals surface area contributed by atoms with Crippen molar-refractivity contribution in [2.75, 3.05) is 24.7 Å². The first-order valence-corrected chi connectivity index (χ1v) is 12.5. The van der Waals surface area contributed by atoms with E-state index in [1.165, 1.54) is 6.07 Å². The summed E-state index contributed by atoms with van der Waals surface area (Å²) in [5.41, 5.74) is 0.763. The van der Waals surface area contributed by atoms with Gasteiger partial charge in [-0.05, 0) is 63.3 Å². The third kappa shape index (κ3) is 4.63. The van der Waals surface area contributed by atoms with Crippen molar-refractivity contribution in [1.29, 1.82) is 0 Å². The molecule has 2 aliphatic heterocycles. The molecular weight excluding hydrogens is 428 g/mol. The number of carbonyl (C=O) groups excluding carboxylic acids is 1. The number of hydrogen-bond acceptors (Lipinski definition) is 7. The largest absolute Gasteiger partial charge is 0.381 e. The highest BCUT2D eigenvalue weighted by Crippen LogP contribution is 2.37. The zero-order chi connectivity index (χ0) is 22.9. The maximum absolute atomic E-state index is 13.1. The molecule has 0 bridgehead atoms. The molecule has 0 saturated carbocycles. The van der Waals surface area contributed by atoms with Gasteiger partial charge in [0.25, 0.3) is 15.9 Å². The predicted octanol–water partition coefficient (Wildman–Crippen LogP) is 3.11. The molecule has 8 nitrogen and oxygen atoms in total. The van der Waals surface area contributed by atoms with Crippen molar-refractivity contribution in [3.63, 3.8) is 0 Å². The molecule has 0 radical (unpaired) electrons. The molecule has 2 saturated heterocycles. The number of aromatic nitrogens is 2. The number of ether oxygens (including phenoxy) is 1. The Morgan fingerprint density at radius 1 is 1.19 bits per heavy atom. The van der Waals surface area contributed by atoms with Gasteiger partial charge in [-0.3, -0.25) is 4.79 Å². The number of pyridine rings is 2. The van der Waals surface area contributed by atoms with Gasteiger partial charge in [-0.15, -0.1) is 0 Å². The molecule has 2 aromatic rings. The van der Waals surface area contributed by atoms with Gasteiger partial charge >= 0.3 is 0 Å². The quantitative estimate of drug-likeness (QED) is 0.734. The number of anilines is 1. The molecule has 32 heavy (non-hydrogen) atoms. The Labute approximate surface area is 189 Å². The van der Waals surface area contributed by atoms with Gasteiger partial charge in [-0.25, -0.2) is 14.7 Å². The Morgan fingerprint density at radius 2 is 1.94 bits per heavy atom. The highest BCUT2D eigenvalue weighted by Gasteiger charge is 2.39. The van der Waals surface area contributed by atoms with Crippen LogP contribution in [0.5, 0.6) is 0 Å². The minimum atomic E-state index is -4.14. The fraction of sp³-hybridized carbons (Fsp3) is 0.522.